The van der Waals surface area contributed by atoms with Gasteiger partial charge >= 0.3 is 5.97 Å². The van der Waals surface area contributed by atoms with E-state index in [1.807, 2.05) is 84.9 Å². The van der Waals surface area contributed by atoms with Crippen LogP contribution >= 0.6 is 11.3 Å². The van der Waals surface area contributed by atoms with Gasteiger partial charge < -0.3 is 4.74 Å². The minimum atomic E-state index is -0.445. The molecule has 0 aliphatic rings. The minimum Gasteiger partial charge on any atom is -0.449 e. The summed E-state index contributed by atoms with van der Waals surface area (Å²) in [6.45, 7) is 0. The van der Waals surface area contributed by atoms with Crippen LogP contribution in [0.25, 0.3) is 16.3 Å². The van der Waals surface area contributed by atoms with E-state index in [0.717, 1.165) is 26.4 Å². The Bertz CT molecular complexity index is 999. The molecule has 1 heterocycles. The van der Waals surface area contributed by atoms with Crippen LogP contribution in [0, 0.1) is 0 Å². The van der Waals surface area contributed by atoms with Crippen LogP contribution in [0.5, 0.6) is 0 Å². The molecule has 27 heavy (non-hydrogen) atoms. The third-order valence-electron chi connectivity index (χ3n) is 4.11. The number of nitrogens with zero attached hydrogens (tertiary/aromatic N) is 1. The lowest BCUT2D eigenvalue weighted by molar-refractivity contribution is -0.141. The van der Waals surface area contributed by atoms with E-state index in [1.165, 1.54) is 6.08 Å². The van der Waals surface area contributed by atoms with Crippen molar-refractivity contribution in [1.29, 1.82) is 0 Å². The number of carbonyl (C=O) groups excluding carboxylic acids is 1. The van der Waals surface area contributed by atoms with E-state index < -0.39 is 12.1 Å². The Hall–Kier alpha value is -3.24. The Morgan fingerprint density at radius 1 is 0.852 bits per heavy atom. The Balaban J connectivity index is 1.54. The number of esters is 1. The van der Waals surface area contributed by atoms with E-state index in [-0.39, 0.29) is 0 Å². The Morgan fingerprint density at radius 2 is 1.44 bits per heavy atom. The van der Waals surface area contributed by atoms with Crippen molar-refractivity contribution in [3.8, 4) is 0 Å². The molecule has 0 saturated carbocycles. The number of aromatic nitrogens is 1. The van der Waals surface area contributed by atoms with Crippen molar-refractivity contribution >= 4 is 33.6 Å². The molecule has 0 aliphatic heterocycles. The highest BCUT2D eigenvalue weighted by Crippen LogP contribution is 2.26. The van der Waals surface area contributed by atoms with Crippen molar-refractivity contribution in [2.75, 3.05) is 0 Å². The summed E-state index contributed by atoms with van der Waals surface area (Å²) in [5, 5.41) is 0.782. The average molecular weight is 371 g/mol. The summed E-state index contributed by atoms with van der Waals surface area (Å²) in [5.74, 6) is -0.396. The number of hydrogen-bond donors (Lipinski definition) is 0. The summed E-state index contributed by atoms with van der Waals surface area (Å²) >= 11 is 1.55. The predicted octanol–water partition coefficient (Wildman–Crippen LogP) is 5.64. The van der Waals surface area contributed by atoms with Crippen molar-refractivity contribution in [1.82, 2.24) is 4.98 Å². The molecule has 0 saturated heterocycles. The Morgan fingerprint density at radius 3 is 2.07 bits per heavy atom. The van der Waals surface area contributed by atoms with Crippen LogP contribution in [0.2, 0.25) is 0 Å². The lowest BCUT2D eigenvalue weighted by Crippen LogP contribution is -2.10. The van der Waals surface area contributed by atoms with E-state index in [2.05, 4.69) is 4.98 Å². The van der Waals surface area contributed by atoms with Gasteiger partial charge in [-0.05, 0) is 29.3 Å². The van der Waals surface area contributed by atoms with Crippen LogP contribution in [0.1, 0.15) is 22.2 Å². The first-order chi connectivity index (χ1) is 13.3. The second-order valence-electron chi connectivity index (χ2n) is 5.99. The van der Waals surface area contributed by atoms with Gasteiger partial charge in [-0.25, -0.2) is 9.78 Å². The topological polar surface area (TPSA) is 39.2 Å². The molecular formula is C23H17NO2S. The maximum Gasteiger partial charge on any atom is 0.331 e. The highest BCUT2D eigenvalue weighted by molar-refractivity contribution is 7.19. The fourth-order valence-corrected chi connectivity index (χ4v) is 3.71. The van der Waals surface area contributed by atoms with Crippen LogP contribution in [-0.2, 0) is 9.53 Å². The molecule has 0 unspecified atom stereocenters. The normalized spacial score (nSPS) is 11.3. The largest absolute Gasteiger partial charge is 0.449 e. The summed E-state index contributed by atoms with van der Waals surface area (Å²) in [6.07, 6.45) is 2.70. The molecule has 4 aromatic rings. The lowest BCUT2D eigenvalue weighted by atomic mass is 10.0. The van der Waals surface area contributed by atoms with E-state index in [9.17, 15) is 4.79 Å². The molecule has 3 aromatic carbocycles. The molecule has 4 rings (SSSR count). The zero-order valence-electron chi connectivity index (χ0n) is 14.5. The first-order valence-electron chi connectivity index (χ1n) is 8.64. The maximum absolute atomic E-state index is 12.5. The zero-order chi connectivity index (χ0) is 18.5. The van der Waals surface area contributed by atoms with Gasteiger partial charge in [-0.2, -0.15) is 0 Å². The van der Waals surface area contributed by atoms with Crippen LogP contribution in [0.4, 0.5) is 0 Å². The van der Waals surface area contributed by atoms with Crippen LogP contribution in [0.15, 0.2) is 91.0 Å². The summed E-state index contributed by atoms with van der Waals surface area (Å²) in [5.41, 5.74) is 2.80. The van der Waals surface area contributed by atoms with Gasteiger partial charge in [-0.3, -0.25) is 0 Å². The summed E-state index contributed by atoms with van der Waals surface area (Å²) in [4.78, 5) is 17.0. The molecule has 0 spiro atoms. The van der Waals surface area contributed by atoms with Crippen molar-refractivity contribution in [2.24, 2.45) is 0 Å². The number of hydrogen-bond acceptors (Lipinski definition) is 4. The van der Waals surface area contributed by atoms with Crippen molar-refractivity contribution < 1.29 is 9.53 Å². The van der Waals surface area contributed by atoms with Gasteiger partial charge in [0.2, 0.25) is 0 Å². The molecule has 0 bridgehead atoms. The number of fused-ring (bicyclic) bond motifs is 1. The molecule has 0 atom stereocenters. The second kappa shape index (κ2) is 7.98. The molecule has 0 amide bonds. The molecule has 0 N–H and O–H groups in total. The zero-order valence-corrected chi connectivity index (χ0v) is 15.3. The fraction of sp³-hybridized carbons (Fsp3) is 0.0435. The number of carbonyl (C=O) groups is 1. The highest BCUT2D eigenvalue weighted by Gasteiger charge is 2.17. The minimum absolute atomic E-state index is 0.396. The second-order valence-corrected chi connectivity index (χ2v) is 7.05. The maximum atomic E-state index is 12.5. The van der Waals surface area contributed by atoms with Gasteiger partial charge in [-0.1, -0.05) is 72.8 Å². The van der Waals surface area contributed by atoms with Crippen LogP contribution in [0.3, 0.4) is 0 Å². The summed E-state index contributed by atoms with van der Waals surface area (Å²) < 4.78 is 6.86. The van der Waals surface area contributed by atoms with E-state index >= 15 is 0 Å². The van der Waals surface area contributed by atoms with Gasteiger partial charge in [0.1, 0.15) is 5.01 Å². The van der Waals surface area contributed by atoms with E-state index in [4.69, 9.17) is 4.74 Å². The van der Waals surface area contributed by atoms with Gasteiger partial charge in [-0.15, -0.1) is 11.3 Å². The number of para-hydroxylation sites is 1. The van der Waals surface area contributed by atoms with E-state index in [0.29, 0.717) is 0 Å². The van der Waals surface area contributed by atoms with Crippen molar-refractivity contribution in [2.45, 2.75) is 6.10 Å². The third kappa shape index (κ3) is 4.13. The third-order valence-corrected chi connectivity index (χ3v) is 5.11. The first-order valence-corrected chi connectivity index (χ1v) is 9.45. The van der Waals surface area contributed by atoms with Crippen molar-refractivity contribution in [3.05, 3.63) is 107 Å². The highest BCUT2D eigenvalue weighted by atomic mass is 32.1. The molecule has 4 heteroatoms. The molecule has 132 valence electrons. The fourth-order valence-electron chi connectivity index (χ4n) is 2.84. The number of ether oxygens (including phenoxy) is 1. The van der Waals surface area contributed by atoms with Crippen LogP contribution < -0.4 is 0 Å². The van der Waals surface area contributed by atoms with Gasteiger partial charge in [0.25, 0.3) is 0 Å². The quantitative estimate of drug-likeness (QED) is 0.336. The molecular weight excluding hydrogens is 354 g/mol. The Labute approximate surface area is 161 Å². The smallest absolute Gasteiger partial charge is 0.331 e. The number of benzene rings is 3. The number of thiazole rings is 1. The van der Waals surface area contributed by atoms with Gasteiger partial charge in [0, 0.05) is 6.08 Å². The first kappa shape index (κ1) is 17.2. The molecule has 1 aromatic heterocycles. The monoisotopic (exact) mass is 371 g/mol. The lowest BCUT2D eigenvalue weighted by Gasteiger charge is -2.17. The predicted molar refractivity (Wildman–Crippen MR) is 109 cm³/mol. The SMILES string of the molecule is O=C(/C=C/c1nc2ccccc2s1)OC(c1ccccc1)c1ccccc1. The molecule has 0 radical (unpaired) electrons. The summed E-state index contributed by atoms with van der Waals surface area (Å²) in [7, 11) is 0. The van der Waals surface area contributed by atoms with Crippen LogP contribution in [-0.4, -0.2) is 11.0 Å². The standard InChI is InChI=1S/C23H17NO2S/c25-22(16-15-21-24-19-13-7-8-14-20(19)27-21)26-23(17-9-3-1-4-10-17)18-11-5-2-6-12-18/h1-16,23H/b16-15+. The number of rotatable bonds is 5. The van der Waals surface area contributed by atoms with E-state index in [1.54, 1.807) is 17.4 Å². The van der Waals surface area contributed by atoms with Crippen molar-refractivity contribution in [3.63, 3.8) is 0 Å². The van der Waals surface area contributed by atoms with Gasteiger partial charge in [0.15, 0.2) is 6.10 Å². The van der Waals surface area contributed by atoms with Gasteiger partial charge in [0.05, 0.1) is 10.2 Å². The summed E-state index contributed by atoms with van der Waals surface area (Å²) in [6, 6.07) is 27.4. The Kier molecular flexibility index (Phi) is 5.08. The molecule has 3 nitrogen and oxygen atoms in total. The average Bonchev–Trinajstić information content (AvgIpc) is 3.15. The molecule has 0 fully saturated rings. The molecule has 0 aliphatic carbocycles.